The minimum absolute atomic E-state index is 0.0558. The molecule has 0 radical (unpaired) electrons. The van der Waals surface area contributed by atoms with E-state index in [1.165, 1.54) is 36.5 Å². The molecule has 0 saturated carbocycles. The highest BCUT2D eigenvalue weighted by molar-refractivity contribution is 5.67. The molecular formula is C18H26O8. The molecule has 0 rings (SSSR count). The van der Waals surface area contributed by atoms with Crippen LogP contribution in [0.25, 0.3) is 0 Å². The lowest BCUT2D eigenvalue weighted by atomic mass is 10.1. The molecule has 6 N–H and O–H groups in total. The summed E-state index contributed by atoms with van der Waals surface area (Å²) in [6.07, 6.45) is 6.55. The third-order valence-corrected chi connectivity index (χ3v) is 3.12. The van der Waals surface area contributed by atoms with E-state index in [-0.39, 0.29) is 43.6 Å². The molecule has 0 spiro atoms. The van der Waals surface area contributed by atoms with Crippen molar-refractivity contribution >= 4 is 11.9 Å². The number of carboxylic acids is 2. The average molecular weight is 370 g/mol. The number of hydrogen-bond donors (Lipinski definition) is 6. The molecule has 0 aliphatic carbocycles. The summed E-state index contributed by atoms with van der Waals surface area (Å²) in [4.78, 5) is 20.7. The summed E-state index contributed by atoms with van der Waals surface area (Å²) in [5, 5.41) is 55.3. The van der Waals surface area contributed by atoms with Crippen molar-refractivity contribution in [1.29, 1.82) is 0 Å². The molecule has 8 nitrogen and oxygen atoms in total. The van der Waals surface area contributed by atoms with Gasteiger partial charge in [-0.25, -0.2) is 0 Å². The van der Waals surface area contributed by atoms with Crippen molar-refractivity contribution in [2.75, 3.05) is 0 Å². The van der Waals surface area contributed by atoms with Gasteiger partial charge in [0.15, 0.2) is 0 Å². The number of carboxylic acid groups (broad SMARTS) is 2. The molecule has 0 fully saturated rings. The van der Waals surface area contributed by atoms with Gasteiger partial charge in [-0.2, -0.15) is 0 Å². The summed E-state index contributed by atoms with van der Waals surface area (Å²) < 4.78 is 0. The first-order chi connectivity index (χ1) is 12.2. The smallest absolute Gasteiger partial charge is 0.303 e. The fourth-order valence-corrected chi connectivity index (χ4v) is 1.87. The number of hydrogen-bond acceptors (Lipinski definition) is 6. The molecule has 0 heterocycles. The van der Waals surface area contributed by atoms with Crippen LogP contribution in [0.5, 0.6) is 0 Å². The molecule has 2 atom stereocenters. The number of carbonyl (C=O) groups is 2. The molecule has 0 aliphatic rings. The Labute approximate surface area is 151 Å². The summed E-state index contributed by atoms with van der Waals surface area (Å²) in [5.74, 6) is -2.24. The Hall–Kier alpha value is -2.58. The minimum atomic E-state index is -0.978. The molecule has 0 aliphatic heterocycles. The van der Waals surface area contributed by atoms with Crippen LogP contribution in [-0.2, 0) is 9.59 Å². The molecule has 0 aromatic heterocycles. The van der Waals surface area contributed by atoms with Crippen molar-refractivity contribution in [3.63, 3.8) is 0 Å². The third-order valence-electron chi connectivity index (χ3n) is 3.12. The van der Waals surface area contributed by atoms with E-state index < -0.39 is 24.1 Å². The van der Waals surface area contributed by atoms with Gasteiger partial charge in [0.2, 0.25) is 0 Å². The van der Waals surface area contributed by atoms with E-state index in [9.17, 15) is 30.0 Å². The van der Waals surface area contributed by atoms with Gasteiger partial charge in [-0.1, -0.05) is 18.2 Å². The Morgan fingerprint density at radius 1 is 0.885 bits per heavy atom. The zero-order chi connectivity index (χ0) is 19.9. The third kappa shape index (κ3) is 15.0. The number of aliphatic hydroxyl groups excluding tert-OH is 4. The predicted molar refractivity (Wildman–Crippen MR) is 94.7 cm³/mol. The fraction of sp³-hybridized carbons (Fsp3) is 0.444. The number of aliphatic hydroxyl groups is 4. The van der Waals surface area contributed by atoms with Crippen LogP contribution in [0, 0.1) is 0 Å². The van der Waals surface area contributed by atoms with Crippen molar-refractivity contribution in [2.24, 2.45) is 0 Å². The average Bonchev–Trinajstić information content (AvgIpc) is 2.50. The normalized spacial score (nSPS) is 15.5. The molecule has 0 aromatic carbocycles. The van der Waals surface area contributed by atoms with Gasteiger partial charge in [0.1, 0.15) is 5.76 Å². The second-order valence-corrected chi connectivity index (χ2v) is 5.59. The Bertz CT molecular complexity index is 560. The van der Waals surface area contributed by atoms with E-state index in [1.807, 2.05) is 0 Å². The second kappa shape index (κ2) is 13.7. The van der Waals surface area contributed by atoms with Crippen molar-refractivity contribution in [3.8, 4) is 0 Å². The van der Waals surface area contributed by atoms with Gasteiger partial charge >= 0.3 is 11.9 Å². The summed E-state index contributed by atoms with van der Waals surface area (Å²) in [7, 11) is 0. The van der Waals surface area contributed by atoms with Crippen LogP contribution in [0.1, 0.15) is 38.5 Å². The summed E-state index contributed by atoms with van der Waals surface area (Å²) in [6.45, 7) is 0. The standard InChI is InChI=1S/C18H26O8/c19-13(11-15(21)7-3-9-17(23)24)5-1-2-6-14(20)12-16(22)8-4-10-18(25)26/h1-2,5-7,12-13,16,19-22H,3-4,8-11H2,(H,23,24)(H,25,26)/b5-1+,6-2+,14-12-,15-7-. The molecular weight excluding hydrogens is 344 g/mol. The highest BCUT2D eigenvalue weighted by Gasteiger charge is 2.04. The lowest BCUT2D eigenvalue weighted by Gasteiger charge is -2.04. The van der Waals surface area contributed by atoms with Crippen molar-refractivity contribution in [1.82, 2.24) is 0 Å². The molecule has 0 bridgehead atoms. The fourth-order valence-electron chi connectivity index (χ4n) is 1.87. The van der Waals surface area contributed by atoms with Crippen molar-refractivity contribution < 1.29 is 40.2 Å². The Morgan fingerprint density at radius 2 is 1.54 bits per heavy atom. The van der Waals surface area contributed by atoms with Gasteiger partial charge < -0.3 is 30.6 Å². The summed E-state index contributed by atoms with van der Waals surface area (Å²) >= 11 is 0. The topological polar surface area (TPSA) is 156 Å². The van der Waals surface area contributed by atoms with Crippen LogP contribution >= 0.6 is 0 Å². The maximum absolute atomic E-state index is 10.3. The van der Waals surface area contributed by atoms with Gasteiger partial charge in [0.05, 0.1) is 18.0 Å². The first kappa shape index (κ1) is 23.4. The van der Waals surface area contributed by atoms with E-state index in [1.54, 1.807) is 0 Å². The quantitative estimate of drug-likeness (QED) is 0.213. The first-order valence-electron chi connectivity index (χ1n) is 8.14. The zero-order valence-electron chi connectivity index (χ0n) is 14.4. The molecule has 0 saturated heterocycles. The van der Waals surface area contributed by atoms with Crippen LogP contribution < -0.4 is 0 Å². The summed E-state index contributed by atoms with van der Waals surface area (Å²) in [5.41, 5.74) is 0. The molecule has 2 unspecified atom stereocenters. The lowest BCUT2D eigenvalue weighted by Crippen LogP contribution is -2.05. The predicted octanol–water partition coefficient (Wildman–Crippen LogP) is 2.21. The molecule has 146 valence electrons. The molecule has 8 heteroatoms. The van der Waals surface area contributed by atoms with Gasteiger partial charge in [-0.3, -0.25) is 9.59 Å². The zero-order valence-corrected chi connectivity index (χ0v) is 14.4. The molecule has 26 heavy (non-hydrogen) atoms. The van der Waals surface area contributed by atoms with Crippen LogP contribution in [0.15, 0.2) is 48.0 Å². The van der Waals surface area contributed by atoms with E-state index in [0.717, 1.165) is 0 Å². The highest BCUT2D eigenvalue weighted by atomic mass is 16.4. The minimum Gasteiger partial charge on any atom is -0.513 e. The maximum Gasteiger partial charge on any atom is 0.303 e. The second-order valence-electron chi connectivity index (χ2n) is 5.59. The summed E-state index contributed by atoms with van der Waals surface area (Å²) in [6, 6.07) is 0. The highest BCUT2D eigenvalue weighted by Crippen LogP contribution is 2.07. The van der Waals surface area contributed by atoms with Gasteiger partial charge in [0.25, 0.3) is 0 Å². The van der Waals surface area contributed by atoms with Gasteiger partial charge in [-0.15, -0.1) is 0 Å². The van der Waals surface area contributed by atoms with Crippen molar-refractivity contribution in [2.45, 2.75) is 50.7 Å². The van der Waals surface area contributed by atoms with E-state index >= 15 is 0 Å². The van der Waals surface area contributed by atoms with Crippen LogP contribution in [0.2, 0.25) is 0 Å². The number of aliphatic carboxylic acids is 2. The maximum atomic E-state index is 10.3. The van der Waals surface area contributed by atoms with E-state index in [0.29, 0.717) is 6.42 Å². The Balaban J connectivity index is 4.25. The first-order valence-corrected chi connectivity index (χ1v) is 8.14. The van der Waals surface area contributed by atoms with Gasteiger partial charge in [-0.05, 0) is 37.5 Å². The monoisotopic (exact) mass is 370 g/mol. The lowest BCUT2D eigenvalue weighted by molar-refractivity contribution is -0.138. The van der Waals surface area contributed by atoms with Crippen LogP contribution in [0.3, 0.4) is 0 Å². The van der Waals surface area contributed by atoms with E-state index in [4.69, 9.17) is 10.2 Å². The van der Waals surface area contributed by atoms with Crippen LogP contribution in [0.4, 0.5) is 0 Å². The Kier molecular flexibility index (Phi) is 12.3. The largest absolute Gasteiger partial charge is 0.513 e. The SMILES string of the molecule is O=C(O)CC/C=C(\O)CC(O)/C=C/C=C/C(O)=C/C(O)CCCC(=O)O. The Morgan fingerprint density at radius 3 is 2.15 bits per heavy atom. The number of rotatable bonds is 13. The van der Waals surface area contributed by atoms with E-state index in [2.05, 4.69) is 0 Å². The number of allylic oxidation sites excluding steroid dienone is 4. The van der Waals surface area contributed by atoms with Crippen LogP contribution in [-0.4, -0.2) is 54.8 Å². The molecule has 0 aromatic rings. The molecule has 0 amide bonds. The van der Waals surface area contributed by atoms with Crippen molar-refractivity contribution in [3.05, 3.63) is 48.0 Å². The van der Waals surface area contributed by atoms with Gasteiger partial charge in [0, 0.05) is 19.3 Å².